The van der Waals surface area contributed by atoms with E-state index in [9.17, 15) is 9.59 Å². The first-order valence-electron chi connectivity index (χ1n) is 13.7. The first-order valence-corrected chi connectivity index (χ1v) is 13.7. The second-order valence-electron chi connectivity index (χ2n) is 10.6. The van der Waals surface area contributed by atoms with Crippen LogP contribution < -0.4 is 20.3 Å². The summed E-state index contributed by atoms with van der Waals surface area (Å²) in [6.07, 6.45) is 0.555. The molecule has 3 aromatic carbocycles. The molecule has 1 aliphatic carbocycles. The summed E-state index contributed by atoms with van der Waals surface area (Å²) in [6.45, 7) is 8.97. The molecule has 0 fully saturated rings. The number of Topliss-reactive ketones (excluding diaryl/α,β-unsaturated/α-hetero) is 2. The first kappa shape index (κ1) is 26.5. The highest BCUT2D eigenvalue weighted by atomic mass is 16.5. The van der Waals surface area contributed by atoms with E-state index in [1.807, 2.05) is 48.5 Å². The third kappa shape index (κ3) is 5.03. The summed E-state index contributed by atoms with van der Waals surface area (Å²) in [5.41, 5.74) is 6.44. The number of nitrogens with one attached hydrogen (secondary N) is 2. The molecule has 0 aromatic heterocycles. The van der Waals surface area contributed by atoms with E-state index in [0.717, 1.165) is 46.2 Å². The fourth-order valence-corrected chi connectivity index (χ4v) is 6.07. The molecule has 6 nitrogen and oxygen atoms in total. The lowest BCUT2D eigenvalue weighted by molar-refractivity contribution is -0.131. The van der Waals surface area contributed by atoms with E-state index >= 15 is 0 Å². The molecule has 1 heterocycles. The second-order valence-corrected chi connectivity index (χ2v) is 10.6. The van der Waals surface area contributed by atoms with Gasteiger partial charge >= 0.3 is 0 Å². The van der Waals surface area contributed by atoms with Crippen molar-refractivity contribution in [3.63, 3.8) is 0 Å². The molecule has 3 atom stereocenters. The van der Waals surface area contributed by atoms with Crippen LogP contribution in [-0.4, -0.2) is 31.3 Å². The zero-order valence-electron chi connectivity index (χ0n) is 23.3. The molecule has 0 radical (unpaired) electrons. The SMILES string of the molecule is CCN(c1ccc(C2Nc3ccccc3NC3=C2C(=O)C(C(C)=O)C(c2ccc(OC)cc2)C3)cc1)C(C)C. The van der Waals surface area contributed by atoms with Gasteiger partial charge in [-0.2, -0.15) is 0 Å². The molecule has 2 N–H and O–H groups in total. The molecular formula is C33H37N3O3. The Balaban J connectivity index is 1.61. The Morgan fingerprint density at radius 1 is 0.974 bits per heavy atom. The summed E-state index contributed by atoms with van der Waals surface area (Å²) < 4.78 is 5.33. The molecule has 3 unspecified atom stereocenters. The van der Waals surface area contributed by atoms with Crippen LogP contribution >= 0.6 is 0 Å². The molecule has 39 heavy (non-hydrogen) atoms. The predicted octanol–water partition coefficient (Wildman–Crippen LogP) is 6.72. The van der Waals surface area contributed by atoms with Crippen LogP contribution in [0.4, 0.5) is 17.1 Å². The van der Waals surface area contributed by atoms with E-state index < -0.39 is 5.92 Å². The quantitative estimate of drug-likeness (QED) is 0.335. The number of para-hydroxylation sites is 2. The molecule has 6 heteroatoms. The van der Waals surface area contributed by atoms with Crippen molar-refractivity contribution in [2.45, 2.75) is 52.1 Å². The maximum absolute atomic E-state index is 14.3. The second kappa shape index (κ2) is 11.0. The minimum atomic E-state index is -0.750. The van der Waals surface area contributed by atoms with Crippen LogP contribution in [0.5, 0.6) is 5.75 Å². The largest absolute Gasteiger partial charge is 0.497 e. The Labute approximate surface area is 231 Å². The molecule has 0 saturated heterocycles. The van der Waals surface area contributed by atoms with Crippen LogP contribution in [0, 0.1) is 5.92 Å². The number of methoxy groups -OCH3 is 1. The first-order chi connectivity index (χ1) is 18.8. The van der Waals surface area contributed by atoms with Crippen LogP contribution in [0.3, 0.4) is 0 Å². The van der Waals surface area contributed by atoms with Gasteiger partial charge in [0.1, 0.15) is 11.5 Å². The number of fused-ring (bicyclic) bond motifs is 1. The van der Waals surface area contributed by atoms with Gasteiger partial charge in [-0.25, -0.2) is 0 Å². The van der Waals surface area contributed by atoms with E-state index in [-0.39, 0.29) is 23.5 Å². The van der Waals surface area contributed by atoms with Crippen LogP contribution in [0.1, 0.15) is 57.2 Å². The van der Waals surface area contributed by atoms with Gasteiger partial charge in [-0.15, -0.1) is 0 Å². The number of benzene rings is 3. The smallest absolute Gasteiger partial charge is 0.174 e. The van der Waals surface area contributed by atoms with Crippen molar-refractivity contribution in [3.05, 3.63) is 95.2 Å². The zero-order valence-corrected chi connectivity index (χ0v) is 23.3. The summed E-state index contributed by atoms with van der Waals surface area (Å²) in [6, 6.07) is 24.2. The number of carbonyl (C=O) groups excluding carboxylic acids is 2. The van der Waals surface area contributed by atoms with Crippen molar-refractivity contribution < 1.29 is 14.3 Å². The number of anilines is 3. The maximum atomic E-state index is 14.3. The van der Waals surface area contributed by atoms with Crippen molar-refractivity contribution in [2.75, 3.05) is 29.2 Å². The lowest BCUT2D eigenvalue weighted by Crippen LogP contribution is -2.38. The number of allylic oxidation sites excluding steroid dienone is 1. The Bertz CT molecular complexity index is 1390. The minimum absolute atomic E-state index is 0.112. The Morgan fingerprint density at radius 2 is 1.62 bits per heavy atom. The Morgan fingerprint density at radius 3 is 2.21 bits per heavy atom. The Kier molecular flexibility index (Phi) is 7.47. The fraction of sp³-hybridized carbons (Fsp3) is 0.333. The molecule has 0 spiro atoms. The normalized spacial score (nSPS) is 20.4. The standard InChI is InChI=1S/C33H37N3O3/c1-6-36(20(2)3)24-15-11-23(12-16-24)32-31-29(34-27-9-7-8-10-28(27)35-32)19-26(30(21(4)37)33(31)38)22-13-17-25(39-5)18-14-22/h7-18,20,26,30,32,34-35H,6,19H2,1-5H3. The molecule has 5 rings (SSSR count). The van der Waals surface area contributed by atoms with Gasteiger partial charge in [0.15, 0.2) is 5.78 Å². The van der Waals surface area contributed by atoms with Crippen molar-refractivity contribution in [1.29, 1.82) is 0 Å². The summed E-state index contributed by atoms with van der Waals surface area (Å²) in [7, 11) is 1.63. The number of hydrogen-bond donors (Lipinski definition) is 2. The van der Waals surface area contributed by atoms with Gasteiger partial charge in [0.25, 0.3) is 0 Å². The molecule has 1 aliphatic heterocycles. The van der Waals surface area contributed by atoms with E-state index in [1.54, 1.807) is 7.11 Å². The molecule has 0 bridgehead atoms. The number of hydrogen-bond acceptors (Lipinski definition) is 6. The summed E-state index contributed by atoms with van der Waals surface area (Å²) in [5.74, 6) is -0.499. The molecule has 2 aliphatic rings. The molecule has 202 valence electrons. The highest BCUT2D eigenvalue weighted by molar-refractivity contribution is 6.13. The van der Waals surface area contributed by atoms with Gasteiger partial charge in [0.2, 0.25) is 0 Å². The monoisotopic (exact) mass is 523 g/mol. The fourth-order valence-electron chi connectivity index (χ4n) is 6.07. The van der Waals surface area contributed by atoms with Crippen molar-refractivity contribution in [2.24, 2.45) is 5.92 Å². The van der Waals surface area contributed by atoms with Crippen molar-refractivity contribution in [1.82, 2.24) is 0 Å². The number of rotatable bonds is 7. The molecular weight excluding hydrogens is 486 g/mol. The average molecular weight is 524 g/mol. The van der Waals surface area contributed by atoms with Crippen LogP contribution in [-0.2, 0) is 9.59 Å². The van der Waals surface area contributed by atoms with E-state index in [0.29, 0.717) is 18.0 Å². The van der Waals surface area contributed by atoms with Crippen molar-refractivity contribution in [3.8, 4) is 5.75 Å². The maximum Gasteiger partial charge on any atom is 0.174 e. The molecule has 0 amide bonds. The van der Waals surface area contributed by atoms with Gasteiger partial charge in [-0.3, -0.25) is 9.59 Å². The lowest BCUT2D eigenvalue weighted by Gasteiger charge is -2.35. The summed E-state index contributed by atoms with van der Waals surface area (Å²) in [4.78, 5) is 29.7. The number of nitrogens with zero attached hydrogens (tertiary/aromatic N) is 1. The van der Waals surface area contributed by atoms with Crippen molar-refractivity contribution >= 4 is 28.6 Å². The number of ether oxygens (including phenoxy) is 1. The zero-order chi connectivity index (χ0) is 27.7. The highest BCUT2D eigenvalue weighted by Crippen LogP contribution is 2.47. The van der Waals surface area contributed by atoms with Gasteiger partial charge in [-0.05, 0) is 81.6 Å². The van der Waals surface area contributed by atoms with Gasteiger partial charge in [-0.1, -0.05) is 36.4 Å². The lowest BCUT2D eigenvalue weighted by atomic mass is 9.70. The summed E-state index contributed by atoms with van der Waals surface area (Å²) >= 11 is 0. The molecule has 0 saturated carbocycles. The van der Waals surface area contributed by atoms with E-state index in [4.69, 9.17) is 4.74 Å². The summed E-state index contributed by atoms with van der Waals surface area (Å²) in [5, 5.41) is 7.22. The topological polar surface area (TPSA) is 70.7 Å². The van der Waals surface area contributed by atoms with Crippen LogP contribution in [0.2, 0.25) is 0 Å². The van der Waals surface area contributed by atoms with Gasteiger partial charge in [0.05, 0.1) is 30.4 Å². The third-order valence-corrected chi connectivity index (χ3v) is 8.00. The number of ketones is 2. The van der Waals surface area contributed by atoms with Crippen LogP contribution in [0.15, 0.2) is 84.1 Å². The van der Waals surface area contributed by atoms with E-state index in [1.165, 1.54) is 6.92 Å². The third-order valence-electron chi connectivity index (χ3n) is 8.00. The number of carbonyl (C=O) groups is 2. The molecule has 3 aromatic rings. The predicted molar refractivity (Wildman–Crippen MR) is 158 cm³/mol. The Hall–Kier alpha value is -4.06. The van der Waals surface area contributed by atoms with Gasteiger partial charge < -0.3 is 20.3 Å². The minimum Gasteiger partial charge on any atom is -0.497 e. The van der Waals surface area contributed by atoms with Crippen LogP contribution in [0.25, 0.3) is 0 Å². The average Bonchev–Trinajstić information content (AvgIpc) is 3.10. The highest BCUT2D eigenvalue weighted by Gasteiger charge is 2.44. The van der Waals surface area contributed by atoms with Gasteiger partial charge in [0, 0.05) is 35.5 Å². The van der Waals surface area contributed by atoms with E-state index in [2.05, 4.69) is 60.6 Å².